The molecule has 1 saturated carbocycles. The van der Waals surface area contributed by atoms with Gasteiger partial charge >= 0.3 is 0 Å². The topological polar surface area (TPSA) is 74.9 Å². The zero-order valence-corrected chi connectivity index (χ0v) is 23.9. The van der Waals surface area contributed by atoms with Crippen molar-refractivity contribution in [1.29, 1.82) is 5.26 Å². The molecule has 2 N–H and O–H groups in total. The van der Waals surface area contributed by atoms with Crippen LogP contribution < -0.4 is 15.4 Å². The Hall–Kier alpha value is -4.21. The lowest BCUT2D eigenvalue weighted by Gasteiger charge is -2.29. The Morgan fingerprint density at radius 3 is 2.23 bits per heavy atom. The smallest absolute Gasteiger partial charge is 0.121 e. The standard InChI is InChI=1S/C33H34ClN5O/c1-36-20-31(37-2)24-8-4-22(5-9-24)23-6-10-25(11-7-23)32-21-38-33(39(32)3)26-12-15-28(16-13-26)40-29-17-14-27(19-35)30(34)18-29/h4-11,14,17-18,20-21,26,28,36-37H,12-13,15-16H2,1-3H3/b31-20-. The summed E-state index contributed by atoms with van der Waals surface area (Å²) < 4.78 is 8.42. The maximum absolute atomic E-state index is 9.08. The fraction of sp³-hybridized carbons (Fsp3) is 0.273. The van der Waals surface area contributed by atoms with Crippen LogP contribution in [0.4, 0.5) is 0 Å². The van der Waals surface area contributed by atoms with E-state index in [0.29, 0.717) is 16.5 Å². The second-order valence-corrected chi connectivity index (χ2v) is 10.6. The normalized spacial score (nSPS) is 17.2. The molecule has 0 saturated heterocycles. The molecule has 0 atom stereocenters. The number of nitriles is 1. The van der Waals surface area contributed by atoms with Crippen LogP contribution in [0.25, 0.3) is 28.1 Å². The number of imidazole rings is 1. The Morgan fingerprint density at radius 1 is 0.975 bits per heavy atom. The molecule has 1 heterocycles. The molecule has 3 aromatic carbocycles. The molecular formula is C33H34ClN5O. The van der Waals surface area contributed by atoms with Crippen molar-refractivity contribution in [3.63, 3.8) is 0 Å². The molecule has 7 heteroatoms. The van der Waals surface area contributed by atoms with Gasteiger partial charge in [-0.1, -0.05) is 60.1 Å². The highest BCUT2D eigenvalue weighted by molar-refractivity contribution is 6.31. The van der Waals surface area contributed by atoms with E-state index in [2.05, 4.69) is 76.8 Å². The van der Waals surface area contributed by atoms with E-state index in [-0.39, 0.29) is 6.10 Å². The molecule has 40 heavy (non-hydrogen) atoms. The average Bonchev–Trinajstić information content (AvgIpc) is 3.37. The number of benzene rings is 3. The number of ether oxygens (including phenoxy) is 1. The van der Waals surface area contributed by atoms with Crippen LogP contribution in [0.5, 0.6) is 5.75 Å². The van der Waals surface area contributed by atoms with Gasteiger partial charge in [-0.2, -0.15) is 5.26 Å². The van der Waals surface area contributed by atoms with Gasteiger partial charge in [-0.25, -0.2) is 4.98 Å². The van der Waals surface area contributed by atoms with Crippen molar-refractivity contribution in [1.82, 2.24) is 20.2 Å². The average molecular weight is 552 g/mol. The fourth-order valence-electron chi connectivity index (χ4n) is 5.48. The summed E-state index contributed by atoms with van der Waals surface area (Å²) in [4.78, 5) is 4.84. The van der Waals surface area contributed by atoms with Crippen LogP contribution in [-0.2, 0) is 7.05 Å². The van der Waals surface area contributed by atoms with Gasteiger partial charge in [0.05, 0.1) is 34.3 Å². The molecule has 0 aliphatic heterocycles. The van der Waals surface area contributed by atoms with Gasteiger partial charge < -0.3 is 19.9 Å². The number of nitrogens with zero attached hydrogens (tertiary/aromatic N) is 3. The molecule has 5 rings (SSSR count). The summed E-state index contributed by atoms with van der Waals surface area (Å²) >= 11 is 6.17. The molecule has 1 aliphatic rings. The lowest BCUT2D eigenvalue weighted by atomic mass is 9.86. The number of halogens is 1. The Kier molecular flexibility index (Phi) is 8.42. The highest BCUT2D eigenvalue weighted by atomic mass is 35.5. The van der Waals surface area contributed by atoms with Crippen LogP contribution in [-0.4, -0.2) is 29.8 Å². The summed E-state index contributed by atoms with van der Waals surface area (Å²) in [7, 11) is 5.94. The van der Waals surface area contributed by atoms with Crippen LogP contribution in [0, 0.1) is 11.3 Å². The molecule has 4 aromatic rings. The summed E-state index contributed by atoms with van der Waals surface area (Å²) in [5.74, 6) is 2.25. The summed E-state index contributed by atoms with van der Waals surface area (Å²) in [6.07, 6.45) is 8.05. The number of hydrogen-bond acceptors (Lipinski definition) is 5. The van der Waals surface area contributed by atoms with Gasteiger partial charge in [0.15, 0.2) is 0 Å². The molecule has 1 aliphatic carbocycles. The van der Waals surface area contributed by atoms with Gasteiger partial charge in [0.2, 0.25) is 0 Å². The van der Waals surface area contributed by atoms with Gasteiger partial charge in [-0.05, 0) is 60.1 Å². The van der Waals surface area contributed by atoms with E-state index in [0.717, 1.165) is 59.8 Å². The van der Waals surface area contributed by atoms with Crippen LogP contribution in [0.3, 0.4) is 0 Å². The van der Waals surface area contributed by atoms with Crippen molar-refractivity contribution in [2.75, 3.05) is 14.1 Å². The van der Waals surface area contributed by atoms with Crippen molar-refractivity contribution in [2.24, 2.45) is 7.05 Å². The first-order valence-corrected chi connectivity index (χ1v) is 14.0. The van der Waals surface area contributed by atoms with E-state index in [1.807, 2.05) is 32.6 Å². The first kappa shape index (κ1) is 27.4. The minimum Gasteiger partial charge on any atom is -0.490 e. The molecule has 1 fully saturated rings. The van der Waals surface area contributed by atoms with Crippen molar-refractivity contribution in [2.45, 2.75) is 37.7 Å². The quantitative estimate of drug-likeness (QED) is 0.244. The molecule has 6 nitrogen and oxygen atoms in total. The third-order valence-corrected chi connectivity index (χ3v) is 8.01. The number of rotatable bonds is 8. The van der Waals surface area contributed by atoms with E-state index < -0.39 is 0 Å². The van der Waals surface area contributed by atoms with E-state index in [4.69, 9.17) is 26.6 Å². The molecule has 0 spiro atoms. The number of nitrogens with one attached hydrogen (secondary N) is 2. The Labute approximate surface area is 241 Å². The molecule has 0 bridgehead atoms. The Bertz CT molecular complexity index is 1520. The summed E-state index contributed by atoms with van der Waals surface area (Å²) in [6, 6.07) is 24.7. The fourth-order valence-corrected chi connectivity index (χ4v) is 5.70. The van der Waals surface area contributed by atoms with Crippen LogP contribution in [0.1, 0.15) is 48.6 Å². The maximum atomic E-state index is 9.08. The summed E-state index contributed by atoms with van der Waals surface area (Å²) in [5.41, 5.74) is 7.30. The van der Waals surface area contributed by atoms with Crippen molar-refractivity contribution in [3.05, 3.63) is 101 Å². The van der Waals surface area contributed by atoms with Gasteiger partial charge in [0, 0.05) is 39.3 Å². The first-order valence-electron chi connectivity index (χ1n) is 13.6. The van der Waals surface area contributed by atoms with Gasteiger partial charge in [0.25, 0.3) is 0 Å². The Morgan fingerprint density at radius 2 is 1.62 bits per heavy atom. The summed E-state index contributed by atoms with van der Waals surface area (Å²) in [5, 5.41) is 15.8. The minimum atomic E-state index is 0.144. The maximum Gasteiger partial charge on any atom is 0.121 e. The van der Waals surface area contributed by atoms with Crippen LogP contribution in [0.2, 0.25) is 5.02 Å². The second kappa shape index (κ2) is 12.3. The molecular weight excluding hydrogens is 518 g/mol. The van der Waals surface area contributed by atoms with E-state index in [9.17, 15) is 0 Å². The third-order valence-electron chi connectivity index (χ3n) is 7.70. The van der Waals surface area contributed by atoms with E-state index in [1.165, 1.54) is 11.1 Å². The molecule has 1 aromatic heterocycles. The first-order chi connectivity index (χ1) is 19.5. The molecule has 204 valence electrons. The SMILES string of the molecule is CN/C=C(\NC)c1ccc(-c2ccc(-c3cnc(C4CCC(Oc5ccc(C#N)c(Cl)c5)CC4)n3C)cc2)cc1. The highest BCUT2D eigenvalue weighted by Gasteiger charge is 2.27. The lowest BCUT2D eigenvalue weighted by molar-refractivity contribution is 0.144. The lowest BCUT2D eigenvalue weighted by Crippen LogP contribution is -2.24. The Balaban J connectivity index is 1.22. The van der Waals surface area contributed by atoms with Gasteiger partial charge in [-0.3, -0.25) is 0 Å². The van der Waals surface area contributed by atoms with Crippen molar-refractivity contribution < 1.29 is 4.74 Å². The van der Waals surface area contributed by atoms with Gasteiger partial charge in [0.1, 0.15) is 17.6 Å². The predicted molar refractivity (Wildman–Crippen MR) is 162 cm³/mol. The van der Waals surface area contributed by atoms with E-state index >= 15 is 0 Å². The summed E-state index contributed by atoms with van der Waals surface area (Å²) in [6.45, 7) is 0. The van der Waals surface area contributed by atoms with Crippen LogP contribution >= 0.6 is 11.6 Å². The second-order valence-electron chi connectivity index (χ2n) is 10.2. The van der Waals surface area contributed by atoms with Gasteiger partial charge in [-0.15, -0.1) is 0 Å². The zero-order chi connectivity index (χ0) is 28.1. The molecule has 0 unspecified atom stereocenters. The highest BCUT2D eigenvalue weighted by Crippen LogP contribution is 2.36. The van der Waals surface area contributed by atoms with E-state index in [1.54, 1.807) is 12.1 Å². The minimum absolute atomic E-state index is 0.144. The van der Waals surface area contributed by atoms with Crippen LogP contribution in [0.15, 0.2) is 79.1 Å². The molecule has 0 radical (unpaired) electrons. The predicted octanol–water partition coefficient (Wildman–Crippen LogP) is 7.12. The van der Waals surface area contributed by atoms with Crippen molar-refractivity contribution >= 4 is 17.3 Å². The monoisotopic (exact) mass is 551 g/mol. The molecule has 0 amide bonds. The van der Waals surface area contributed by atoms with Crippen molar-refractivity contribution in [3.8, 4) is 34.2 Å². The number of hydrogen-bond donors (Lipinski definition) is 2. The largest absolute Gasteiger partial charge is 0.490 e. The number of aromatic nitrogens is 2. The third kappa shape index (κ3) is 5.85. The zero-order valence-electron chi connectivity index (χ0n) is 23.1.